The maximum Gasteiger partial charge on any atom is 0.259 e. The third kappa shape index (κ3) is 2.81. The van der Waals surface area contributed by atoms with Crippen LogP contribution < -0.4 is 9.64 Å². The highest BCUT2D eigenvalue weighted by Gasteiger charge is 2.32. The van der Waals surface area contributed by atoms with Gasteiger partial charge in [-0.3, -0.25) is 9.78 Å². The minimum absolute atomic E-state index is 0.113. The van der Waals surface area contributed by atoms with Crippen LogP contribution in [0.5, 0.6) is 5.75 Å². The first-order chi connectivity index (χ1) is 13.0. The van der Waals surface area contributed by atoms with Gasteiger partial charge in [0.15, 0.2) is 11.6 Å². The van der Waals surface area contributed by atoms with Gasteiger partial charge in [-0.1, -0.05) is 0 Å². The lowest BCUT2D eigenvalue weighted by atomic mass is 10.0. The monoisotopic (exact) mass is 370 g/mol. The van der Waals surface area contributed by atoms with Gasteiger partial charge in [0.25, 0.3) is 5.91 Å². The number of carbonyl (C=O) groups is 1. The van der Waals surface area contributed by atoms with E-state index in [-0.39, 0.29) is 23.8 Å². The Morgan fingerprint density at radius 3 is 2.41 bits per heavy atom. The number of methoxy groups -OCH3 is 1. The number of hydrogen-bond acceptors (Lipinski definition) is 3. The molecule has 4 nitrogen and oxygen atoms in total. The Morgan fingerprint density at radius 1 is 1.00 bits per heavy atom. The molecule has 2 heterocycles. The maximum atomic E-state index is 13.8. The van der Waals surface area contributed by atoms with Crippen LogP contribution in [0.15, 0.2) is 48.7 Å². The van der Waals surface area contributed by atoms with E-state index in [2.05, 4.69) is 4.98 Å². The van der Waals surface area contributed by atoms with Gasteiger partial charge in [-0.25, -0.2) is 13.2 Å². The minimum Gasteiger partial charge on any atom is -0.496 e. The molecule has 1 amide bonds. The van der Waals surface area contributed by atoms with Crippen LogP contribution in [0.25, 0.3) is 11.3 Å². The number of hydrogen-bond donors (Lipinski definition) is 0. The van der Waals surface area contributed by atoms with Crippen molar-refractivity contribution in [3.8, 4) is 17.0 Å². The predicted molar refractivity (Wildman–Crippen MR) is 93.1 cm³/mol. The van der Waals surface area contributed by atoms with Crippen LogP contribution in [-0.4, -0.2) is 18.0 Å². The minimum atomic E-state index is -1.04. The molecule has 0 unspecified atom stereocenters. The van der Waals surface area contributed by atoms with E-state index in [1.165, 1.54) is 42.5 Å². The summed E-state index contributed by atoms with van der Waals surface area (Å²) in [5, 5.41) is 0. The summed E-state index contributed by atoms with van der Waals surface area (Å²) in [4.78, 5) is 18.5. The van der Waals surface area contributed by atoms with Crippen LogP contribution in [0, 0.1) is 17.5 Å². The molecule has 3 aromatic rings. The molecule has 0 spiro atoms. The van der Waals surface area contributed by atoms with Gasteiger partial charge in [-0.05, 0) is 36.4 Å². The lowest BCUT2D eigenvalue weighted by molar-refractivity contribution is 0.0996. The molecule has 0 saturated carbocycles. The smallest absolute Gasteiger partial charge is 0.259 e. The Balaban J connectivity index is 1.83. The van der Waals surface area contributed by atoms with Gasteiger partial charge in [0.05, 0.1) is 19.3 Å². The van der Waals surface area contributed by atoms with Gasteiger partial charge < -0.3 is 9.64 Å². The molecule has 0 atom stereocenters. The molecule has 4 rings (SSSR count). The topological polar surface area (TPSA) is 42.4 Å². The van der Waals surface area contributed by atoms with Crippen molar-refractivity contribution in [3.63, 3.8) is 0 Å². The van der Waals surface area contributed by atoms with Gasteiger partial charge in [0, 0.05) is 34.6 Å². The van der Waals surface area contributed by atoms with Crippen molar-refractivity contribution in [2.75, 3.05) is 12.0 Å². The fraction of sp³-hybridized carbons (Fsp3) is 0.100. The summed E-state index contributed by atoms with van der Waals surface area (Å²) in [6.45, 7) is 0.172. The second-order valence-corrected chi connectivity index (χ2v) is 6.02. The zero-order valence-electron chi connectivity index (χ0n) is 14.2. The van der Waals surface area contributed by atoms with Crippen LogP contribution in [-0.2, 0) is 6.54 Å². The Labute approximate surface area is 152 Å². The van der Waals surface area contributed by atoms with Crippen molar-refractivity contribution in [2.45, 2.75) is 6.54 Å². The number of ether oxygens (including phenoxy) is 1. The highest BCUT2D eigenvalue weighted by Crippen LogP contribution is 2.38. The van der Waals surface area contributed by atoms with Gasteiger partial charge in [0.2, 0.25) is 0 Å². The van der Waals surface area contributed by atoms with E-state index in [4.69, 9.17) is 4.74 Å². The zero-order chi connectivity index (χ0) is 19.1. The Bertz CT molecular complexity index is 1050. The van der Waals surface area contributed by atoms with Gasteiger partial charge in [-0.15, -0.1) is 0 Å². The molecule has 7 heteroatoms. The summed E-state index contributed by atoms with van der Waals surface area (Å²) in [6, 6.07) is 9.06. The molecule has 1 aromatic heterocycles. The Kier molecular flexibility index (Phi) is 4.07. The fourth-order valence-electron chi connectivity index (χ4n) is 3.17. The maximum absolute atomic E-state index is 13.8. The molecule has 0 saturated heterocycles. The van der Waals surface area contributed by atoms with Crippen molar-refractivity contribution in [2.24, 2.45) is 0 Å². The van der Waals surface area contributed by atoms with E-state index < -0.39 is 17.5 Å². The van der Waals surface area contributed by atoms with Gasteiger partial charge in [-0.2, -0.15) is 0 Å². The van der Waals surface area contributed by atoms with Crippen LogP contribution in [0.2, 0.25) is 0 Å². The van der Waals surface area contributed by atoms with E-state index in [0.29, 0.717) is 22.5 Å². The Morgan fingerprint density at radius 2 is 1.70 bits per heavy atom. The lowest BCUT2D eigenvalue weighted by Gasteiger charge is -2.16. The summed E-state index contributed by atoms with van der Waals surface area (Å²) >= 11 is 0. The van der Waals surface area contributed by atoms with Crippen LogP contribution in [0.1, 0.15) is 15.9 Å². The molecule has 0 fully saturated rings. The van der Waals surface area contributed by atoms with Crippen molar-refractivity contribution < 1.29 is 22.7 Å². The number of amides is 1. The molecule has 0 bridgehead atoms. The largest absolute Gasteiger partial charge is 0.496 e. The number of fused-ring (bicyclic) bond motifs is 1. The quantitative estimate of drug-likeness (QED) is 0.689. The van der Waals surface area contributed by atoms with Gasteiger partial charge >= 0.3 is 0 Å². The third-order valence-corrected chi connectivity index (χ3v) is 4.48. The molecule has 136 valence electrons. The summed E-state index contributed by atoms with van der Waals surface area (Å²) in [5.74, 6) is -2.64. The summed E-state index contributed by atoms with van der Waals surface area (Å²) in [7, 11) is 1.34. The molecule has 1 aliphatic heterocycles. The summed E-state index contributed by atoms with van der Waals surface area (Å²) < 4.78 is 45.7. The highest BCUT2D eigenvalue weighted by molar-refractivity contribution is 6.11. The van der Waals surface area contributed by atoms with Crippen molar-refractivity contribution in [1.82, 2.24) is 4.98 Å². The lowest BCUT2D eigenvalue weighted by Crippen LogP contribution is -2.22. The number of halogens is 3. The predicted octanol–water partition coefficient (Wildman–Crippen LogP) is 4.33. The molecule has 0 aliphatic carbocycles. The Hall–Kier alpha value is -3.35. The van der Waals surface area contributed by atoms with Crippen LogP contribution in [0.3, 0.4) is 0 Å². The molecular weight excluding hydrogens is 357 g/mol. The average molecular weight is 370 g/mol. The zero-order valence-corrected chi connectivity index (χ0v) is 14.2. The van der Waals surface area contributed by atoms with E-state index in [0.717, 1.165) is 12.1 Å². The van der Waals surface area contributed by atoms with Crippen molar-refractivity contribution in [3.05, 3.63) is 77.2 Å². The van der Waals surface area contributed by atoms with Crippen LogP contribution in [0.4, 0.5) is 18.9 Å². The molecule has 1 aliphatic rings. The second kappa shape index (κ2) is 6.42. The molecule has 0 radical (unpaired) electrons. The first-order valence-electron chi connectivity index (χ1n) is 8.08. The SMILES string of the molecule is COc1cc(F)c(F)cc1-c1nccc2c1CN(c1ccc(F)cc1)C2=O. The van der Waals surface area contributed by atoms with E-state index in [9.17, 15) is 18.0 Å². The average Bonchev–Trinajstić information content (AvgIpc) is 3.01. The van der Waals surface area contributed by atoms with Crippen molar-refractivity contribution >= 4 is 11.6 Å². The molecule has 2 aromatic carbocycles. The van der Waals surface area contributed by atoms with Crippen molar-refractivity contribution in [1.29, 1.82) is 0 Å². The second-order valence-electron chi connectivity index (χ2n) is 6.02. The molecule has 27 heavy (non-hydrogen) atoms. The first kappa shape index (κ1) is 17.1. The summed E-state index contributed by atoms with van der Waals surface area (Å²) in [5.41, 5.74) is 2.08. The first-order valence-corrected chi connectivity index (χ1v) is 8.08. The molecular formula is C20H13F3N2O2. The normalized spacial score (nSPS) is 13.0. The number of rotatable bonds is 3. The van der Waals surface area contributed by atoms with E-state index in [1.54, 1.807) is 6.07 Å². The third-order valence-electron chi connectivity index (χ3n) is 4.48. The van der Waals surface area contributed by atoms with Crippen LogP contribution >= 0.6 is 0 Å². The number of nitrogens with zero attached hydrogens (tertiary/aromatic N) is 2. The molecule has 0 N–H and O–H groups in total. The summed E-state index contributed by atoms with van der Waals surface area (Å²) in [6.07, 6.45) is 1.43. The number of anilines is 1. The fourth-order valence-corrected chi connectivity index (χ4v) is 3.17. The number of pyridine rings is 1. The van der Waals surface area contributed by atoms with Gasteiger partial charge in [0.1, 0.15) is 11.6 Å². The number of benzene rings is 2. The number of aromatic nitrogens is 1. The number of carbonyl (C=O) groups excluding carboxylic acids is 1. The standard InChI is InChI=1S/C20H13F3N2O2/c1-27-18-9-17(23)16(22)8-14(18)19-15-10-25(12-4-2-11(21)3-5-12)20(26)13(15)6-7-24-19/h2-9H,10H2,1H3. The van der Waals surface area contributed by atoms with E-state index in [1.807, 2.05) is 0 Å². The highest BCUT2D eigenvalue weighted by atomic mass is 19.2. The van der Waals surface area contributed by atoms with E-state index >= 15 is 0 Å².